The number of hydrogen-bond acceptors (Lipinski definition) is 3. The van der Waals surface area contributed by atoms with Crippen molar-refractivity contribution in [2.45, 2.75) is 19.8 Å². The first-order valence-electron chi connectivity index (χ1n) is 6.20. The molecule has 1 aromatic carbocycles. The summed E-state index contributed by atoms with van der Waals surface area (Å²) in [4.78, 5) is 15.8. The van der Waals surface area contributed by atoms with E-state index in [0.29, 0.717) is 12.8 Å². The molecule has 1 heterocycles. The lowest BCUT2D eigenvalue weighted by Gasteiger charge is -2.07. The molecule has 19 heavy (non-hydrogen) atoms. The van der Waals surface area contributed by atoms with Crippen LogP contribution in [0.1, 0.15) is 17.5 Å². The molecule has 1 amide bonds. The number of nitrogens with one attached hydrogen (secondary N) is 1. The molecule has 0 bridgehead atoms. The average molecular weight is 255 g/mol. The van der Waals surface area contributed by atoms with Crippen molar-refractivity contribution in [1.82, 2.24) is 4.98 Å². The highest BCUT2D eigenvalue weighted by Gasteiger charge is 2.05. The van der Waals surface area contributed by atoms with Gasteiger partial charge in [-0.25, -0.2) is 0 Å². The second kappa shape index (κ2) is 6.00. The topological polar surface area (TPSA) is 68.0 Å². The van der Waals surface area contributed by atoms with Crippen LogP contribution in [0.3, 0.4) is 0 Å². The first kappa shape index (κ1) is 13.1. The summed E-state index contributed by atoms with van der Waals surface area (Å²) in [5.41, 5.74) is 9.23. The van der Waals surface area contributed by atoms with E-state index in [1.54, 1.807) is 12.4 Å². The molecular formula is C15H17N3O. The highest BCUT2D eigenvalue weighted by Crippen LogP contribution is 2.13. The van der Waals surface area contributed by atoms with E-state index in [0.717, 1.165) is 22.5 Å². The molecule has 4 heteroatoms. The van der Waals surface area contributed by atoms with Crippen molar-refractivity contribution < 1.29 is 4.79 Å². The van der Waals surface area contributed by atoms with Crippen LogP contribution < -0.4 is 11.1 Å². The van der Waals surface area contributed by atoms with E-state index in [-0.39, 0.29) is 5.91 Å². The molecule has 4 nitrogen and oxygen atoms in total. The predicted molar refractivity (Wildman–Crippen MR) is 76.8 cm³/mol. The Morgan fingerprint density at radius 2 is 2.00 bits per heavy atom. The number of carbonyl (C=O) groups is 1. The lowest BCUT2D eigenvalue weighted by atomic mass is 10.1. The van der Waals surface area contributed by atoms with Gasteiger partial charge in [0.05, 0.1) is 11.9 Å². The van der Waals surface area contributed by atoms with Gasteiger partial charge in [0.1, 0.15) is 0 Å². The van der Waals surface area contributed by atoms with Crippen molar-refractivity contribution in [1.29, 1.82) is 0 Å². The molecule has 2 rings (SSSR count). The Labute approximate surface area is 112 Å². The molecule has 0 aliphatic heterocycles. The molecule has 2 aromatic rings. The molecule has 0 saturated heterocycles. The highest BCUT2D eigenvalue weighted by molar-refractivity contribution is 5.91. The van der Waals surface area contributed by atoms with E-state index in [9.17, 15) is 4.79 Å². The zero-order valence-electron chi connectivity index (χ0n) is 10.9. The second-order valence-corrected chi connectivity index (χ2v) is 4.48. The lowest BCUT2D eigenvalue weighted by Crippen LogP contribution is -2.13. The third kappa shape index (κ3) is 3.81. The second-order valence-electron chi connectivity index (χ2n) is 4.48. The number of aromatic nitrogens is 1. The Balaban J connectivity index is 1.88. The number of amides is 1. The minimum absolute atomic E-state index is 0.00655. The lowest BCUT2D eigenvalue weighted by molar-refractivity contribution is -0.116. The van der Waals surface area contributed by atoms with Crippen LogP contribution in [0.4, 0.5) is 11.4 Å². The largest absolute Gasteiger partial charge is 0.399 e. The number of benzene rings is 1. The van der Waals surface area contributed by atoms with E-state index >= 15 is 0 Å². The van der Waals surface area contributed by atoms with Crippen LogP contribution in [-0.4, -0.2) is 10.9 Å². The summed E-state index contributed by atoms with van der Waals surface area (Å²) in [6, 6.07) is 9.45. The van der Waals surface area contributed by atoms with Crippen LogP contribution in [0.25, 0.3) is 0 Å². The van der Waals surface area contributed by atoms with Gasteiger partial charge in [-0.2, -0.15) is 0 Å². The standard InChI is InChI=1S/C15H17N3O/c1-11-8-9-17-10-14(11)18-15(19)7-4-12-2-5-13(16)6-3-12/h2-3,5-6,8-10H,4,7,16H2,1H3,(H,18,19). The fourth-order valence-corrected chi connectivity index (χ4v) is 1.75. The van der Waals surface area contributed by atoms with Crippen molar-refractivity contribution in [2.24, 2.45) is 0 Å². The Kier molecular flexibility index (Phi) is 4.13. The molecule has 98 valence electrons. The number of nitrogens with two attached hydrogens (primary N) is 1. The number of hydrogen-bond donors (Lipinski definition) is 2. The van der Waals surface area contributed by atoms with Crippen LogP contribution in [0.15, 0.2) is 42.7 Å². The number of carbonyl (C=O) groups excluding carboxylic acids is 1. The van der Waals surface area contributed by atoms with Crippen LogP contribution in [0, 0.1) is 6.92 Å². The Morgan fingerprint density at radius 1 is 1.26 bits per heavy atom. The number of nitrogens with zero attached hydrogens (tertiary/aromatic N) is 1. The van der Waals surface area contributed by atoms with Gasteiger partial charge in [0.25, 0.3) is 0 Å². The summed E-state index contributed by atoms with van der Waals surface area (Å²) in [5.74, 6) is -0.00655. The van der Waals surface area contributed by atoms with Crippen molar-refractivity contribution in [3.8, 4) is 0 Å². The van der Waals surface area contributed by atoms with E-state index in [4.69, 9.17) is 5.73 Å². The van der Waals surface area contributed by atoms with Crippen LogP contribution in [-0.2, 0) is 11.2 Å². The normalized spacial score (nSPS) is 10.2. The van der Waals surface area contributed by atoms with E-state index in [1.165, 1.54) is 0 Å². The van der Waals surface area contributed by atoms with Crippen molar-refractivity contribution >= 4 is 17.3 Å². The molecule has 0 saturated carbocycles. The smallest absolute Gasteiger partial charge is 0.224 e. The third-order valence-corrected chi connectivity index (χ3v) is 2.93. The van der Waals surface area contributed by atoms with E-state index < -0.39 is 0 Å². The van der Waals surface area contributed by atoms with Gasteiger partial charge in [0.2, 0.25) is 5.91 Å². The van der Waals surface area contributed by atoms with Gasteiger partial charge in [0, 0.05) is 18.3 Å². The molecule has 0 spiro atoms. The van der Waals surface area contributed by atoms with Gasteiger partial charge in [-0.1, -0.05) is 12.1 Å². The van der Waals surface area contributed by atoms with Crippen LogP contribution in [0.2, 0.25) is 0 Å². The zero-order chi connectivity index (χ0) is 13.7. The summed E-state index contributed by atoms with van der Waals surface area (Å²) in [6.07, 6.45) is 4.51. The molecule has 0 fully saturated rings. The molecule has 0 atom stereocenters. The summed E-state index contributed by atoms with van der Waals surface area (Å²) in [5, 5.41) is 2.87. The molecule has 0 aliphatic rings. The molecule has 0 unspecified atom stereocenters. The summed E-state index contributed by atoms with van der Waals surface area (Å²) in [7, 11) is 0. The molecule has 1 aromatic heterocycles. The first-order chi connectivity index (χ1) is 9.15. The first-order valence-corrected chi connectivity index (χ1v) is 6.20. The fourth-order valence-electron chi connectivity index (χ4n) is 1.75. The number of rotatable bonds is 4. The van der Waals surface area contributed by atoms with Gasteiger partial charge in [0.15, 0.2) is 0 Å². The maximum absolute atomic E-state index is 11.8. The Morgan fingerprint density at radius 3 is 2.68 bits per heavy atom. The predicted octanol–water partition coefficient (Wildman–Crippen LogP) is 2.54. The van der Waals surface area contributed by atoms with Gasteiger partial charge in [-0.3, -0.25) is 9.78 Å². The van der Waals surface area contributed by atoms with Gasteiger partial charge in [-0.05, 0) is 42.7 Å². The summed E-state index contributed by atoms with van der Waals surface area (Å²) >= 11 is 0. The molecular weight excluding hydrogens is 238 g/mol. The highest BCUT2D eigenvalue weighted by atomic mass is 16.1. The molecule has 0 aliphatic carbocycles. The fraction of sp³-hybridized carbons (Fsp3) is 0.200. The number of pyridine rings is 1. The zero-order valence-corrected chi connectivity index (χ0v) is 10.9. The summed E-state index contributed by atoms with van der Waals surface area (Å²) < 4.78 is 0. The average Bonchev–Trinajstić information content (AvgIpc) is 2.41. The number of nitrogen functional groups attached to an aromatic ring is 1. The Hall–Kier alpha value is -2.36. The maximum atomic E-state index is 11.8. The quantitative estimate of drug-likeness (QED) is 0.825. The monoisotopic (exact) mass is 255 g/mol. The van der Waals surface area contributed by atoms with Crippen LogP contribution >= 0.6 is 0 Å². The van der Waals surface area contributed by atoms with Gasteiger partial charge < -0.3 is 11.1 Å². The van der Waals surface area contributed by atoms with Gasteiger partial charge in [-0.15, -0.1) is 0 Å². The third-order valence-electron chi connectivity index (χ3n) is 2.93. The van der Waals surface area contributed by atoms with Crippen LogP contribution in [0.5, 0.6) is 0 Å². The van der Waals surface area contributed by atoms with E-state index in [2.05, 4.69) is 10.3 Å². The molecule has 3 N–H and O–H groups in total. The number of aryl methyl sites for hydroxylation is 2. The maximum Gasteiger partial charge on any atom is 0.224 e. The van der Waals surface area contributed by atoms with Gasteiger partial charge >= 0.3 is 0 Å². The van der Waals surface area contributed by atoms with Crippen molar-refractivity contribution in [3.05, 3.63) is 53.9 Å². The van der Waals surface area contributed by atoms with Crippen molar-refractivity contribution in [3.63, 3.8) is 0 Å². The molecule has 0 radical (unpaired) electrons. The van der Waals surface area contributed by atoms with Crippen molar-refractivity contribution in [2.75, 3.05) is 11.1 Å². The minimum atomic E-state index is -0.00655. The Bertz CT molecular complexity index is 564. The van der Waals surface area contributed by atoms with E-state index in [1.807, 2.05) is 37.3 Å². The number of anilines is 2. The SMILES string of the molecule is Cc1ccncc1NC(=O)CCc1ccc(N)cc1. The summed E-state index contributed by atoms with van der Waals surface area (Å²) in [6.45, 7) is 1.94. The minimum Gasteiger partial charge on any atom is -0.399 e.